The molecule has 1 aliphatic heterocycles. The lowest BCUT2D eigenvalue weighted by Gasteiger charge is -2.26. The van der Waals surface area contributed by atoms with Crippen LogP contribution in [-0.4, -0.2) is 22.0 Å². The molecular weight excluding hydrogens is 218 g/mol. The molecule has 0 aromatic carbocycles. The fraction of sp³-hybridized carbons (Fsp3) is 0.750. The van der Waals surface area contributed by atoms with Crippen molar-refractivity contribution in [2.45, 2.75) is 58.3 Å². The van der Waals surface area contributed by atoms with Crippen LogP contribution in [0.5, 0.6) is 0 Å². The molecule has 3 nitrogen and oxygen atoms in total. The standard InChI is InChI=1S/C12H21N3S/c1-3-11-5-4-9(2)15(11)7-10-8-16-12(6-13)14-10/h8-9,11H,3-7,13H2,1-2H3. The molecule has 0 bridgehead atoms. The molecule has 1 aliphatic rings. The zero-order valence-electron chi connectivity index (χ0n) is 10.1. The van der Waals surface area contributed by atoms with Crippen molar-refractivity contribution in [1.82, 2.24) is 9.88 Å². The molecular formula is C12H21N3S. The summed E-state index contributed by atoms with van der Waals surface area (Å²) >= 11 is 1.68. The van der Waals surface area contributed by atoms with Crippen molar-refractivity contribution in [3.8, 4) is 0 Å². The lowest BCUT2D eigenvalue weighted by atomic mass is 10.1. The molecule has 0 saturated carbocycles. The van der Waals surface area contributed by atoms with Crippen molar-refractivity contribution in [1.29, 1.82) is 0 Å². The Labute approximate surface area is 102 Å². The first-order valence-corrected chi connectivity index (χ1v) is 7.01. The Hall–Kier alpha value is -0.450. The van der Waals surface area contributed by atoms with Crippen LogP contribution in [0.15, 0.2) is 5.38 Å². The van der Waals surface area contributed by atoms with Crippen molar-refractivity contribution >= 4 is 11.3 Å². The van der Waals surface area contributed by atoms with Gasteiger partial charge < -0.3 is 5.73 Å². The monoisotopic (exact) mass is 239 g/mol. The van der Waals surface area contributed by atoms with E-state index < -0.39 is 0 Å². The van der Waals surface area contributed by atoms with E-state index in [1.165, 1.54) is 25.0 Å². The SMILES string of the molecule is CCC1CCC(C)N1Cc1csc(CN)n1. The van der Waals surface area contributed by atoms with Gasteiger partial charge in [0.15, 0.2) is 0 Å². The maximum atomic E-state index is 5.59. The van der Waals surface area contributed by atoms with Crippen LogP contribution in [0.3, 0.4) is 0 Å². The summed E-state index contributed by atoms with van der Waals surface area (Å²) in [5.74, 6) is 0. The summed E-state index contributed by atoms with van der Waals surface area (Å²) in [6.45, 7) is 6.17. The molecule has 1 saturated heterocycles. The van der Waals surface area contributed by atoms with Gasteiger partial charge in [-0.15, -0.1) is 11.3 Å². The third-order valence-corrected chi connectivity index (χ3v) is 4.46. The van der Waals surface area contributed by atoms with Crippen molar-refractivity contribution in [3.63, 3.8) is 0 Å². The Morgan fingerprint density at radius 1 is 1.56 bits per heavy atom. The van der Waals surface area contributed by atoms with E-state index in [9.17, 15) is 0 Å². The van der Waals surface area contributed by atoms with Crippen molar-refractivity contribution in [3.05, 3.63) is 16.1 Å². The minimum absolute atomic E-state index is 0.567. The second kappa shape index (κ2) is 5.25. The van der Waals surface area contributed by atoms with E-state index in [1.807, 2.05) is 0 Å². The lowest BCUT2D eigenvalue weighted by Crippen LogP contribution is -2.33. The van der Waals surface area contributed by atoms with Crippen LogP contribution in [0.4, 0.5) is 0 Å². The highest BCUT2D eigenvalue weighted by molar-refractivity contribution is 7.09. The Morgan fingerprint density at radius 2 is 2.38 bits per heavy atom. The highest BCUT2D eigenvalue weighted by atomic mass is 32.1. The second-order valence-electron chi connectivity index (χ2n) is 4.60. The van der Waals surface area contributed by atoms with Gasteiger partial charge in [0, 0.05) is 30.6 Å². The first-order valence-electron chi connectivity index (χ1n) is 6.13. The molecule has 2 heterocycles. The molecule has 1 aromatic heterocycles. The third-order valence-electron chi connectivity index (χ3n) is 3.54. The van der Waals surface area contributed by atoms with Crippen LogP contribution in [0.1, 0.15) is 43.8 Å². The van der Waals surface area contributed by atoms with Gasteiger partial charge in [-0.05, 0) is 26.2 Å². The topological polar surface area (TPSA) is 42.1 Å². The smallest absolute Gasteiger partial charge is 0.106 e. The number of rotatable bonds is 4. The minimum Gasteiger partial charge on any atom is -0.325 e. The number of aromatic nitrogens is 1. The second-order valence-corrected chi connectivity index (χ2v) is 5.54. The van der Waals surface area contributed by atoms with E-state index in [0.717, 1.165) is 17.6 Å². The summed E-state index contributed by atoms with van der Waals surface area (Å²) in [4.78, 5) is 7.14. The fourth-order valence-corrected chi connectivity index (χ4v) is 3.22. The van der Waals surface area contributed by atoms with Gasteiger partial charge in [0.25, 0.3) is 0 Å². The van der Waals surface area contributed by atoms with Gasteiger partial charge in [-0.1, -0.05) is 6.92 Å². The van der Waals surface area contributed by atoms with E-state index >= 15 is 0 Å². The number of hydrogen-bond donors (Lipinski definition) is 1. The van der Waals surface area contributed by atoms with Crippen LogP contribution in [0.25, 0.3) is 0 Å². The molecule has 2 N–H and O–H groups in total. The van der Waals surface area contributed by atoms with E-state index in [2.05, 4.69) is 29.1 Å². The van der Waals surface area contributed by atoms with Gasteiger partial charge in [0.05, 0.1) is 5.69 Å². The Balaban J connectivity index is 2.02. The zero-order chi connectivity index (χ0) is 11.5. The van der Waals surface area contributed by atoms with Crippen molar-refractivity contribution < 1.29 is 0 Å². The van der Waals surface area contributed by atoms with E-state index in [4.69, 9.17) is 5.73 Å². The molecule has 90 valence electrons. The quantitative estimate of drug-likeness (QED) is 0.877. The average Bonchev–Trinajstić information content (AvgIpc) is 2.88. The normalized spacial score (nSPS) is 26.4. The molecule has 2 atom stereocenters. The third kappa shape index (κ3) is 2.44. The summed E-state index contributed by atoms with van der Waals surface area (Å²) in [5.41, 5.74) is 6.78. The van der Waals surface area contributed by atoms with Gasteiger partial charge in [0.1, 0.15) is 5.01 Å². The van der Waals surface area contributed by atoms with Crippen molar-refractivity contribution in [2.75, 3.05) is 0 Å². The summed E-state index contributed by atoms with van der Waals surface area (Å²) in [5, 5.41) is 3.20. The number of thiazole rings is 1. The average molecular weight is 239 g/mol. The highest BCUT2D eigenvalue weighted by Gasteiger charge is 2.29. The number of likely N-dealkylation sites (tertiary alicyclic amines) is 1. The van der Waals surface area contributed by atoms with Gasteiger partial charge in [-0.3, -0.25) is 4.90 Å². The molecule has 1 fully saturated rings. The maximum absolute atomic E-state index is 5.59. The largest absolute Gasteiger partial charge is 0.325 e. The van der Waals surface area contributed by atoms with Crippen LogP contribution in [0.2, 0.25) is 0 Å². The van der Waals surface area contributed by atoms with E-state index in [-0.39, 0.29) is 0 Å². The number of nitrogens with zero attached hydrogens (tertiary/aromatic N) is 2. The molecule has 0 radical (unpaired) electrons. The first-order chi connectivity index (χ1) is 7.74. The highest BCUT2D eigenvalue weighted by Crippen LogP contribution is 2.27. The van der Waals surface area contributed by atoms with Gasteiger partial charge in [0.2, 0.25) is 0 Å². The zero-order valence-corrected chi connectivity index (χ0v) is 11.0. The molecule has 0 amide bonds. The van der Waals surface area contributed by atoms with E-state index in [0.29, 0.717) is 12.6 Å². The van der Waals surface area contributed by atoms with Crippen LogP contribution in [0, 0.1) is 0 Å². The molecule has 2 rings (SSSR count). The number of nitrogens with two attached hydrogens (primary N) is 1. The van der Waals surface area contributed by atoms with Crippen LogP contribution >= 0.6 is 11.3 Å². The van der Waals surface area contributed by atoms with Crippen LogP contribution < -0.4 is 5.73 Å². The molecule has 0 aliphatic carbocycles. The summed E-state index contributed by atoms with van der Waals surface area (Å²) in [6, 6.07) is 1.45. The first kappa shape index (κ1) is 12.0. The van der Waals surface area contributed by atoms with Crippen molar-refractivity contribution in [2.24, 2.45) is 5.73 Å². The summed E-state index contributed by atoms with van der Waals surface area (Å²) in [7, 11) is 0. The predicted octanol–water partition coefficient (Wildman–Crippen LogP) is 2.36. The van der Waals surface area contributed by atoms with Gasteiger partial charge in [-0.25, -0.2) is 4.98 Å². The lowest BCUT2D eigenvalue weighted by molar-refractivity contribution is 0.187. The molecule has 4 heteroatoms. The summed E-state index contributed by atoms with van der Waals surface area (Å²) < 4.78 is 0. The predicted molar refractivity (Wildman–Crippen MR) is 68.3 cm³/mol. The van der Waals surface area contributed by atoms with E-state index in [1.54, 1.807) is 11.3 Å². The molecule has 0 spiro atoms. The fourth-order valence-electron chi connectivity index (χ4n) is 2.55. The maximum Gasteiger partial charge on any atom is 0.106 e. The molecule has 1 aromatic rings. The Bertz CT molecular complexity index is 337. The van der Waals surface area contributed by atoms with Gasteiger partial charge >= 0.3 is 0 Å². The Kier molecular flexibility index (Phi) is 3.95. The molecule has 2 unspecified atom stereocenters. The minimum atomic E-state index is 0.567. The number of hydrogen-bond acceptors (Lipinski definition) is 4. The Morgan fingerprint density at radius 3 is 3.00 bits per heavy atom. The molecule has 16 heavy (non-hydrogen) atoms. The van der Waals surface area contributed by atoms with Crippen LogP contribution in [-0.2, 0) is 13.1 Å². The van der Waals surface area contributed by atoms with Gasteiger partial charge in [-0.2, -0.15) is 0 Å². The summed E-state index contributed by atoms with van der Waals surface area (Å²) in [6.07, 6.45) is 3.91.